The van der Waals surface area contributed by atoms with E-state index in [1.807, 2.05) is 43.0 Å². The summed E-state index contributed by atoms with van der Waals surface area (Å²) in [6, 6.07) is 9.71. The molecule has 0 aromatic heterocycles. The third kappa shape index (κ3) is 5.55. The van der Waals surface area contributed by atoms with E-state index in [0.29, 0.717) is 32.2 Å². The number of hydrogen-bond acceptors (Lipinski definition) is 3. The van der Waals surface area contributed by atoms with E-state index in [2.05, 4.69) is 15.6 Å². The summed E-state index contributed by atoms with van der Waals surface area (Å²) in [4.78, 5) is 18.5. The van der Waals surface area contributed by atoms with E-state index in [1.54, 1.807) is 0 Å². The zero-order valence-corrected chi connectivity index (χ0v) is 17.4. The van der Waals surface area contributed by atoms with Crippen molar-refractivity contribution >= 4 is 17.6 Å². The highest BCUT2D eigenvalue weighted by molar-refractivity contribution is 5.94. The summed E-state index contributed by atoms with van der Waals surface area (Å²) in [7, 11) is 0. The molecule has 0 radical (unpaired) electrons. The van der Waals surface area contributed by atoms with Crippen molar-refractivity contribution in [2.24, 2.45) is 4.99 Å². The predicted molar refractivity (Wildman–Crippen MR) is 112 cm³/mol. The minimum Gasteiger partial charge on any atom is -0.370 e. The van der Waals surface area contributed by atoms with E-state index in [0.717, 1.165) is 23.3 Å². The van der Waals surface area contributed by atoms with Crippen molar-refractivity contribution in [3.05, 3.63) is 65.0 Å². The Morgan fingerprint density at radius 3 is 2.71 bits per heavy atom. The van der Waals surface area contributed by atoms with Gasteiger partial charge in [-0.15, -0.1) is 0 Å². The molecule has 0 spiro atoms. The predicted octanol–water partition coefficient (Wildman–Crippen LogP) is 3.39. The zero-order chi connectivity index (χ0) is 22.4. The van der Waals surface area contributed by atoms with Crippen LogP contribution in [0.2, 0.25) is 0 Å². The average molecular weight is 434 g/mol. The first-order chi connectivity index (χ1) is 14.9. The number of aliphatic imine (C=N–C) groups is 1. The SMILES string of the molecule is CCNC(=NCC(=O)Nc1ccc(F)c(F)c1F)N1CCOC(c2ccccc2C)C1. The van der Waals surface area contributed by atoms with Crippen molar-refractivity contribution in [3.63, 3.8) is 0 Å². The molecule has 6 nitrogen and oxygen atoms in total. The molecular weight excluding hydrogens is 409 g/mol. The van der Waals surface area contributed by atoms with Crippen molar-refractivity contribution < 1.29 is 22.7 Å². The Kier molecular flexibility index (Phi) is 7.51. The van der Waals surface area contributed by atoms with Gasteiger partial charge >= 0.3 is 0 Å². The Morgan fingerprint density at radius 2 is 1.97 bits per heavy atom. The number of guanidine groups is 1. The minimum atomic E-state index is -1.63. The van der Waals surface area contributed by atoms with Gasteiger partial charge in [0.1, 0.15) is 12.6 Å². The number of hydrogen-bond donors (Lipinski definition) is 2. The Labute approximate surface area is 179 Å². The fourth-order valence-electron chi connectivity index (χ4n) is 3.36. The van der Waals surface area contributed by atoms with Crippen LogP contribution in [-0.4, -0.2) is 49.6 Å². The highest BCUT2D eigenvalue weighted by Gasteiger charge is 2.25. The van der Waals surface area contributed by atoms with E-state index >= 15 is 0 Å². The Bertz CT molecular complexity index is 968. The summed E-state index contributed by atoms with van der Waals surface area (Å²) in [6.45, 7) is 5.85. The van der Waals surface area contributed by atoms with Crippen LogP contribution in [0.25, 0.3) is 0 Å². The summed E-state index contributed by atoms with van der Waals surface area (Å²) < 4.78 is 46.1. The molecule has 1 heterocycles. The van der Waals surface area contributed by atoms with Gasteiger partial charge in [0.2, 0.25) is 5.91 Å². The summed E-state index contributed by atoms with van der Waals surface area (Å²) in [5, 5.41) is 5.36. The summed E-state index contributed by atoms with van der Waals surface area (Å²) in [5.74, 6) is -4.53. The maximum Gasteiger partial charge on any atom is 0.246 e. The smallest absolute Gasteiger partial charge is 0.246 e. The maximum atomic E-state index is 13.8. The number of anilines is 1. The number of aryl methyl sites for hydroxylation is 1. The van der Waals surface area contributed by atoms with Crippen LogP contribution < -0.4 is 10.6 Å². The number of rotatable bonds is 5. The second-order valence-corrected chi connectivity index (χ2v) is 7.10. The summed E-state index contributed by atoms with van der Waals surface area (Å²) >= 11 is 0. The van der Waals surface area contributed by atoms with Crippen molar-refractivity contribution in [2.75, 3.05) is 38.1 Å². The molecule has 1 atom stereocenters. The minimum absolute atomic E-state index is 0.135. The first-order valence-corrected chi connectivity index (χ1v) is 10.0. The molecule has 1 unspecified atom stereocenters. The van der Waals surface area contributed by atoms with E-state index in [9.17, 15) is 18.0 Å². The van der Waals surface area contributed by atoms with Crippen molar-refractivity contribution in [2.45, 2.75) is 20.0 Å². The molecule has 1 saturated heterocycles. The first kappa shape index (κ1) is 22.6. The molecule has 1 fully saturated rings. The fourth-order valence-corrected chi connectivity index (χ4v) is 3.36. The molecule has 2 N–H and O–H groups in total. The van der Waals surface area contributed by atoms with Gasteiger partial charge in [0.05, 0.1) is 18.8 Å². The molecule has 0 bridgehead atoms. The van der Waals surface area contributed by atoms with Crippen LogP contribution in [0, 0.1) is 24.4 Å². The molecule has 1 aliphatic heterocycles. The van der Waals surface area contributed by atoms with Gasteiger partial charge < -0.3 is 20.3 Å². The van der Waals surface area contributed by atoms with Gasteiger partial charge in [-0.1, -0.05) is 24.3 Å². The largest absolute Gasteiger partial charge is 0.370 e. The topological polar surface area (TPSA) is 66.0 Å². The van der Waals surface area contributed by atoms with Crippen molar-refractivity contribution in [1.82, 2.24) is 10.2 Å². The number of carbonyl (C=O) groups is 1. The Balaban J connectivity index is 1.69. The number of carbonyl (C=O) groups excluding carboxylic acids is 1. The van der Waals surface area contributed by atoms with Crippen LogP contribution in [-0.2, 0) is 9.53 Å². The van der Waals surface area contributed by atoms with Crippen LogP contribution in [0.1, 0.15) is 24.2 Å². The Morgan fingerprint density at radius 1 is 1.19 bits per heavy atom. The number of nitrogens with zero attached hydrogens (tertiary/aromatic N) is 2. The molecular formula is C22H25F3N4O2. The molecule has 3 rings (SSSR count). The number of halogens is 3. The average Bonchev–Trinajstić information content (AvgIpc) is 2.77. The highest BCUT2D eigenvalue weighted by atomic mass is 19.2. The maximum absolute atomic E-state index is 13.8. The van der Waals surface area contributed by atoms with E-state index in [4.69, 9.17) is 4.74 Å². The second-order valence-electron chi connectivity index (χ2n) is 7.10. The molecule has 0 aliphatic carbocycles. The van der Waals surface area contributed by atoms with Crippen molar-refractivity contribution in [1.29, 1.82) is 0 Å². The summed E-state index contributed by atoms with van der Waals surface area (Å²) in [6.07, 6.45) is -0.135. The van der Waals surface area contributed by atoms with Gasteiger partial charge in [-0.3, -0.25) is 4.79 Å². The molecule has 31 heavy (non-hydrogen) atoms. The Hall–Kier alpha value is -3.07. The number of benzene rings is 2. The van der Waals surface area contributed by atoms with Gasteiger partial charge in [0, 0.05) is 13.1 Å². The van der Waals surface area contributed by atoms with E-state index in [-0.39, 0.29) is 12.6 Å². The van der Waals surface area contributed by atoms with Crippen LogP contribution in [0.3, 0.4) is 0 Å². The number of amides is 1. The fraction of sp³-hybridized carbons (Fsp3) is 0.364. The standard InChI is InChI=1S/C22H25F3N4O2/c1-3-26-22(27-12-19(30)28-17-9-8-16(23)20(24)21(17)25)29-10-11-31-18(13-29)15-7-5-4-6-14(15)2/h4-9,18H,3,10-13H2,1-2H3,(H,26,27)(H,28,30). The molecule has 2 aromatic rings. The summed E-state index contributed by atoms with van der Waals surface area (Å²) in [5.41, 5.74) is 1.79. The third-order valence-electron chi connectivity index (χ3n) is 4.92. The lowest BCUT2D eigenvalue weighted by molar-refractivity contribution is -0.114. The highest BCUT2D eigenvalue weighted by Crippen LogP contribution is 2.25. The quantitative estimate of drug-likeness (QED) is 0.430. The van der Waals surface area contributed by atoms with Gasteiger partial charge in [0.15, 0.2) is 23.4 Å². The lowest BCUT2D eigenvalue weighted by Gasteiger charge is -2.35. The van der Waals surface area contributed by atoms with Gasteiger partial charge in [-0.2, -0.15) is 0 Å². The second kappa shape index (κ2) is 10.3. The zero-order valence-electron chi connectivity index (χ0n) is 17.4. The first-order valence-electron chi connectivity index (χ1n) is 10.0. The molecule has 0 saturated carbocycles. The number of ether oxygens (including phenoxy) is 1. The van der Waals surface area contributed by atoms with Gasteiger partial charge in [0.25, 0.3) is 0 Å². The lowest BCUT2D eigenvalue weighted by Crippen LogP contribution is -2.48. The number of morpholine rings is 1. The van der Waals surface area contributed by atoms with Crippen LogP contribution in [0.5, 0.6) is 0 Å². The molecule has 2 aromatic carbocycles. The lowest BCUT2D eigenvalue weighted by atomic mass is 10.0. The normalized spacial score (nSPS) is 16.9. The third-order valence-corrected chi connectivity index (χ3v) is 4.92. The van der Waals surface area contributed by atoms with E-state index in [1.165, 1.54) is 0 Å². The molecule has 166 valence electrons. The van der Waals surface area contributed by atoms with Gasteiger partial charge in [-0.25, -0.2) is 18.2 Å². The van der Waals surface area contributed by atoms with Crippen LogP contribution in [0.15, 0.2) is 41.4 Å². The van der Waals surface area contributed by atoms with Crippen LogP contribution in [0.4, 0.5) is 18.9 Å². The number of nitrogens with one attached hydrogen (secondary N) is 2. The molecule has 1 aliphatic rings. The molecule has 9 heteroatoms. The van der Waals surface area contributed by atoms with Crippen molar-refractivity contribution in [3.8, 4) is 0 Å². The molecule has 1 amide bonds. The van der Waals surface area contributed by atoms with Gasteiger partial charge in [-0.05, 0) is 37.1 Å². The van der Waals surface area contributed by atoms with Crippen LogP contribution >= 0.6 is 0 Å². The van der Waals surface area contributed by atoms with E-state index < -0.39 is 29.0 Å². The monoisotopic (exact) mass is 434 g/mol.